The quantitative estimate of drug-likeness (QED) is 0.659. The van der Waals surface area contributed by atoms with Crippen LogP contribution in [0.15, 0.2) is 23.9 Å². The van der Waals surface area contributed by atoms with Gasteiger partial charge in [-0.1, -0.05) is 38.8 Å². The fourth-order valence-electron chi connectivity index (χ4n) is 1.92. The third-order valence-electron chi connectivity index (χ3n) is 3.19. The summed E-state index contributed by atoms with van der Waals surface area (Å²) in [6.45, 7) is 5.58. The largest absolute Gasteiger partial charge is 0.399 e. The van der Waals surface area contributed by atoms with Crippen molar-refractivity contribution in [2.24, 2.45) is 5.73 Å². The Morgan fingerprint density at radius 3 is 2.73 bits per heavy atom. The zero-order valence-electron chi connectivity index (χ0n) is 10.1. The van der Waals surface area contributed by atoms with E-state index in [1.54, 1.807) is 0 Å². The second kappa shape index (κ2) is 5.96. The van der Waals surface area contributed by atoms with E-state index >= 15 is 0 Å². The SMILES string of the molecule is CCCCCNC1(CC)C=CC(N)=CC1. The number of allylic oxidation sites excluding steroid dienone is 1. The first-order valence-electron chi connectivity index (χ1n) is 6.12. The highest BCUT2D eigenvalue weighted by molar-refractivity contribution is 5.27. The van der Waals surface area contributed by atoms with Gasteiger partial charge in [-0.25, -0.2) is 0 Å². The van der Waals surface area contributed by atoms with E-state index in [0.29, 0.717) is 0 Å². The normalized spacial score (nSPS) is 25.3. The van der Waals surface area contributed by atoms with E-state index in [4.69, 9.17) is 5.73 Å². The number of unbranched alkanes of at least 4 members (excludes halogenated alkanes) is 2. The van der Waals surface area contributed by atoms with Gasteiger partial charge < -0.3 is 11.1 Å². The van der Waals surface area contributed by atoms with Crippen LogP contribution in [0, 0.1) is 0 Å². The molecule has 3 N–H and O–H groups in total. The smallest absolute Gasteiger partial charge is 0.0401 e. The first-order valence-corrected chi connectivity index (χ1v) is 6.12. The summed E-state index contributed by atoms with van der Waals surface area (Å²) in [6, 6.07) is 0. The predicted molar refractivity (Wildman–Crippen MR) is 66.6 cm³/mol. The summed E-state index contributed by atoms with van der Waals surface area (Å²) in [7, 11) is 0. The summed E-state index contributed by atoms with van der Waals surface area (Å²) >= 11 is 0. The molecule has 1 rings (SSSR count). The molecule has 1 aliphatic carbocycles. The van der Waals surface area contributed by atoms with Gasteiger partial charge in [0, 0.05) is 11.2 Å². The molecule has 0 amide bonds. The summed E-state index contributed by atoms with van der Waals surface area (Å²) in [5.41, 5.74) is 6.79. The number of hydrogen-bond donors (Lipinski definition) is 2. The molecule has 0 heterocycles. The highest BCUT2D eigenvalue weighted by Gasteiger charge is 2.24. The van der Waals surface area contributed by atoms with Crippen molar-refractivity contribution >= 4 is 0 Å². The van der Waals surface area contributed by atoms with E-state index in [2.05, 4.69) is 31.3 Å². The molecule has 0 bridgehead atoms. The van der Waals surface area contributed by atoms with Crippen LogP contribution in [0.1, 0.15) is 46.0 Å². The Bertz CT molecular complexity index is 243. The van der Waals surface area contributed by atoms with Crippen LogP contribution >= 0.6 is 0 Å². The molecular formula is C13H24N2. The summed E-state index contributed by atoms with van der Waals surface area (Å²) in [4.78, 5) is 0. The minimum atomic E-state index is 0.163. The Balaban J connectivity index is 2.38. The lowest BCUT2D eigenvalue weighted by Crippen LogP contribution is -2.44. The molecule has 0 aliphatic heterocycles. The Labute approximate surface area is 93.6 Å². The lowest BCUT2D eigenvalue weighted by Gasteiger charge is -2.32. The maximum atomic E-state index is 5.73. The minimum Gasteiger partial charge on any atom is -0.399 e. The zero-order valence-corrected chi connectivity index (χ0v) is 10.1. The maximum absolute atomic E-state index is 5.73. The average molecular weight is 208 g/mol. The van der Waals surface area contributed by atoms with Gasteiger partial charge in [-0.3, -0.25) is 0 Å². The van der Waals surface area contributed by atoms with Crippen LogP contribution in [0.25, 0.3) is 0 Å². The Morgan fingerprint density at radius 1 is 1.40 bits per heavy atom. The van der Waals surface area contributed by atoms with Crippen molar-refractivity contribution in [1.82, 2.24) is 5.32 Å². The van der Waals surface area contributed by atoms with Gasteiger partial charge in [-0.15, -0.1) is 0 Å². The van der Waals surface area contributed by atoms with E-state index in [1.807, 2.05) is 6.08 Å². The molecule has 1 atom stereocenters. The van der Waals surface area contributed by atoms with Crippen molar-refractivity contribution in [1.29, 1.82) is 0 Å². The highest BCUT2D eigenvalue weighted by atomic mass is 15.0. The maximum Gasteiger partial charge on any atom is 0.0401 e. The van der Waals surface area contributed by atoms with Gasteiger partial charge in [-0.05, 0) is 31.9 Å². The van der Waals surface area contributed by atoms with Crippen LogP contribution in [0.5, 0.6) is 0 Å². The van der Waals surface area contributed by atoms with Crippen molar-refractivity contribution in [3.8, 4) is 0 Å². The lowest BCUT2D eigenvalue weighted by molar-refractivity contribution is 0.382. The molecule has 2 nitrogen and oxygen atoms in total. The Morgan fingerprint density at radius 2 is 2.20 bits per heavy atom. The van der Waals surface area contributed by atoms with Gasteiger partial charge >= 0.3 is 0 Å². The van der Waals surface area contributed by atoms with E-state index < -0.39 is 0 Å². The van der Waals surface area contributed by atoms with Gasteiger partial charge in [0.25, 0.3) is 0 Å². The molecule has 1 unspecified atom stereocenters. The predicted octanol–water partition coefficient (Wildman–Crippen LogP) is 2.72. The highest BCUT2D eigenvalue weighted by Crippen LogP contribution is 2.22. The number of hydrogen-bond acceptors (Lipinski definition) is 2. The molecule has 2 heteroatoms. The van der Waals surface area contributed by atoms with Gasteiger partial charge in [0.2, 0.25) is 0 Å². The molecule has 0 aromatic rings. The van der Waals surface area contributed by atoms with E-state index in [0.717, 1.165) is 25.1 Å². The summed E-state index contributed by atoms with van der Waals surface area (Å²) < 4.78 is 0. The standard InChI is InChI=1S/C13H24N2/c1-3-5-6-11-15-13(4-2)9-7-12(14)8-10-13/h7-9,15H,3-6,10-11,14H2,1-2H3. The fourth-order valence-corrected chi connectivity index (χ4v) is 1.92. The molecule has 0 fully saturated rings. The van der Waals surface area contributed by atoms with Crippen molar-refractivity contribution < 1.29 is 0 Å². The first kappa shape index (κ1) is 12.3. The molecule has 1 aliphatic rings. The molecule has 0 aromatic heterocycles. The van der Waals surface area contributed by atoms with Gasteiger partial charge in [0.1, 0.15) is 0 Å². The van der Waals surface area contributed by atoms with E-state index in [9.17, 15) is 0 Å². The fraction of sp³-hybridized carbons (Fsp3) is 0.692. The summed E-state index contributed by atoms with van der Waals surface area (Å²) in [6.07, 6.45) is 12.4. The lowest BCUT2D eigenvalue weighted by atomic mass is 9.87. The van der Waals surface area contributed by atoms with Crippen LogP contribution in [0.3, 0.4) is 0 Å². The molecule has 0 spiro atoms. The van der Waals surface area contributed by atoms with E-state index in [-0.39, 0.29) is 5.54 Å². The summed E-state index contributed by atoms with van der Waals surface area (Å²) in [5.74, 6) is 0. The molecule has 0 saturated carbocycles. The minimum absolute atomic E-state index is 0.163. The molecule has 0 aromatic carbocycles. The first-order chi connectivity index (χ1) is 7.22. The molecule has 0 radical (unpaired) electrons. The average Bonchev–Trinajstić information content (AvgIpc) is 2.28. The van der Waals surface area contributed by atoms with Crippen molar-refractivity contribution in [2.45, 2.75) is 51.5 Å². The third kappa shape index (κ3) is 3.71. The number of rotatable bonds is 6. The summed E-state index contributed by atoms with van der Waals surface area (Å²) in [5, 5.41) is 3.65. The molecular weight excluding hydrogens is 184 g/mol. The topological polar surface area (TPSA) is 38.0 Å². The Kier molecular flexibility index (Phi) is 4.89. The van der Waals surface area contributed by atoms with Gasteiger partial charge in [-0.2, -0.15) is 0 Å². The van der Waals surface area contributed by atoms with Gasteiger partial charge in [0.15, 0.2) is 0 Å². The molecule has 15 heavy (non-hydrogen) atoms. The van der Waals surface area contributed by atoms with Crippen LogP contribution < -0.4 is 11.1 Å². The van der Waals surface area contributed by atoms with Crippen LogP contribution in [-0.2, 0) is 0 Å². The zero-order chi connectivity index (χ0) is 11.1. The van der Waals surface area contributed by atoms with E-state index in [1.165, 1.54) is 19.3 Å². The van der Waals surface area contributed by atoms with Crippen molar-refractivity contribution in [3.05, 3.63) is 23.9 Å². The van der Waals surface area contributed by atoms with Crippen molar-refractivity contribution in [3.63, 3.8) is 0 Å². The molecule has 0 saturated heterocycles. The monoisotopic (exact) mass is 208 g/mol. The van der Waals surface area contributed by atoms with Crippen LogP contribution in [-0.4, -0.2) is 12.1 Å². The van der Waals surface area contributed by atoms with Crippen LogP contribution in [0.4, 0.5) is 0 Å². The number of nitrogens with two attached hydrogens (primary N) is 1. The second-order valence-corrected chi connectivity index (χ2v) is 4.39. The Hall–Kier alpha value is -0.760. The third-order valence-corrected chi connectivity index (χ3v) is 3.19. The second-order valence-electron chi connectivity index (χ2n) is 4.39. The van der Waals surface area contributed by atoms with Gasteiger partial charge in [0.05, 0.1) is 0 Å². The molecule has 86 valence electrons. The van der Waals surface area contributed by atoms with Crippen LogP contribution in [0.2, 0.25) is 0 Å². The number of nitrogens with one attached hydrogen (secondary N) is 1. The van der Waals surface area contributed by atoms with Crippen molar-refractivity contribution in [2.75, 3.05) is 6.54 Å².